The summed E-state index contributed by atoms with van der Waals surface area (Å²) in [7, 11) is 0. The van der Waals surface area contributed by atoms with Crippen molar-refractivity contribution in [3.8, 4) is 0 Å². The Balaban J connectivity index is 1.34. The van der Waals surface area contributed by atoms with Crippen molar-refractivity contribution < 1.29 is 19.1 Å². The van der Waals surface area contributed by atoms with Gasteiger partial charge in [-0.3, -0.25) is 9.59 Å². The highest BCUT2D eigenvalue weighted by Crippen LogP contribution is 2.38. The summed E-state index contributed by atoms with van der Waals surface area (Å²) in [6.07, 6.45) is 3.52. The molecule has 0 fully saturated rings. The lowest BCUT2D eigenvalue weighted by molar-refractivity contribution is 0.0229. The number of aromatic nitrogens is 1. The first-order chi connectivity index (χ1) is 17.5. The Kier molecular flexibility index (Phi) is 5.22. The van der Waals surface area contributed by atoms with E-state index in [1.54, 1.807) is 24.3 Å². The largest absolute Gasteiger partial charge is 0.440 e. The lowest BCUT2D eigenvalue weighted by Crippen LogP contribution is -2.33. The maximum atomic E-state index is 13.4. The number of hydrogen-bond acceptors (Lipinski definition) is 5. The maximum Gasteiger partial charge on any atom is 0.340 e. The summed E-state index contributed by atoms with van der Waals surface area (Å²) in [6, 6.07) is 22.3. The lowest BCUT2D eigenvalue weighted by atomic mass is 10.0. The molecule has 6 rings (SSSR count). The quantitative estimate of drug-likeness (QED) is 0.291. The standard InChI is InChI=1S/C30H22N2O4/c1-18-10-12-19(13-11-18)16-20-14-15-24-26(23-8-4-5-9-25(23)31-27(20)24)30(35)36-17-32-28(33)21-6-2-3-7-22(21)29(32)34/h2-13,16H,14-15,17H2,1H3. The summed E-state index contributed by atoms with van der Waals surface area (Å²) < 4.78 is 5.58. The number of hydrogen-bond donors (Lipinski definition) is 0. The van der Waals surface area contributed by atoms with E-state index in [0.717, 1.165) is 33.7 Å². The Morgan fingerprint density at radius 2 is 1.58 bits per heavy atom. The van der Waals surface area contributed by atoms with Crippen LogP contribution in [0.25, 0.3) is 22.6 Å². The highest BCUT2D eigenvalue weighted by molar-refractivity contribution is 6.21. The zero-order chi connectivity index (χ0) is 24.8. The number of imide groups is 1. The Morgan fingerprint density at radius 1 is 0.917 bits per heavy atom. The van der Waals surface area contributed by atoms with Crippen molar-refractivity contribution in [2.45, 2.75) is 19.8 Å². The van der Waals surface area contributed by atoms with E-state index >= 15 is 0 Å². The molecule has 2 amide bonds. The van der Waals surface area contributed by atoms with Crippen LogP contribution in [0, 0.1) is 6.92 Å². The van der Waals surface area contributed by atoms with Crippen LogP contribution >= 0.6 is 0 Å². The number of fused-ring (bicyclic) bond motifs is 3. The van der Waals surface area contributed by atoms with Crippen molar-refractivity contribution in [3.05, 3.63) is 112 Å². The third-order valence-electron chi connectivity index (χ3n) is 6.77. The van der Waals surface area contributed by atoms with Crippen LogP contribution in [0.15, 0.2) is 72.8 Å². The van der Waals surface area contributed by atoms with Crippen molar-refractivity contribution in [2.24, 2.45) is 0 Å². The minimum atomic E-state index is -0.571. The van der Waals surface area contributed by atoms with Crippen molar-refractivity contribution in [2.75, 3.05) is 6.73 Å². The molecule has 4 aromatic rings. The monoisotopic (exact) mass is 474 g/mol. The first-order valence-electron chi connectivity index (χ1n) is 11.8. The number of ether oxygens (including phenoxy) is 1. The zero-order valence-electron chi connectivity index (χ0n) is 19.7. The Hall–Kier alpha value is -4.58. The molecule has 36 heavy (non-hydrogen) atoms. The molecule has 1 aromatic heterocycles. The summed E-state index contributed by atoms with van der Waals surface area (Å²) in [4.78, 5) is 44.7. The van der Waals surface area contributed by atoms with Gasteiger partial charge in [0.1, 0.15) is 0 Å². The first kappa shape index (κ1) is 21.9. The Morgan fingerprint density at radius 3 is 2.31 bits per heavy atom. The molecule has 1 aliphatic heterocycles. The molecule has 3 aromatic carbocycles. The normalized spacial score (nSPS) is 15.5. The molecule has 1 aliphatic carbocycles. The van der Waals surface area contributed by atoms with Gasteiger partial charge in [0.2, 0.25) is 0 Å². The third kappa shape index (κ3) is 3.58. The molecule has 0 saturated carbocycles. The number of nitrogens with zero attached hydrogens (tertiary/aromatic N) is 2. The summed E-state index contributed by atoms with van der Waals surface area (Å²) >= 11 is 0. The van der Waals surface area contributed by atoms with Crippen LogP contribution in [0.4, 0.5) is 0 Å². The van der Waals surface area contributed by atoms with Crippen molar-refractivity contribution in [1.29, 1.82) is 0 Å². The second-order valence-electron chi connectivity index (χ2n) is 9.06. The van der Waals surface area contributed by atoms with Gasteiger partial charge in [-0.05, 0) is 60.7 Å². The fraction of sp³-hybridized carbons (Fsp3) is 0.133. The summed E-state index contributed by atoms with van der Waals surface area (Å²) in [5.74, 6) is -1.49. The van der Waals surface area contributed by atoms with E-state index in [-0.39, 0.29) is 0 Å². The van der Waals surface area contributed by atoms with E-state index in [4.69, 9.17) is 9.72 Å². The first-order valence-corrected chi connectivity index (χ1v) is 11.8. The number of carbonyl (C=O) groups excluding carboxylic acids is 3. The van der Waals surface area contributed by atoms with Gasteiger partial charge in [0.05, 0.1) is 27.9 Å². The molecule has 0 atom stereocenters. The molecule has 0 bridgehead atoms. The number of para-hydroxylation sites is 1. The highest BCUT2D eigenvalue weighted by Gasteiger charge is 2.36. The highest BCUT2D eigenvalue weighted by atomic mass is 16.5. The van der Waals surface area contributed by atoms with Gasteiger partial charge in [-0.25, -0.2) is 14.7 Å². The van der Waals surface area contributed by atoms with E-state index in [1.807, 2.05) is 24.3 Å². The number of aryl methyl sites for hydroxylation is 1. The van der Waals surface area contributed by atoms with Gasteiger partial charge in [-0.2, -0.15) is 0 Å². The number of carbonyl (C=O) groups is 3. The van der Waals surface area contributed by atoms with Crippen LogP contribution in [0.2, 0.25) is 0 Å². The van der Waals surface area contributed by atoms with Gasteiger partial charge in [-0.1, -0.05) is 60.2 Å². The fourth-order valence-electron chi connectivity index (χ4n) is 4.93. The average molecular weight is 475 g/mol. The molecule has 6 heteroatoms. The van der Waals surface area contributed by atoms with Crippen LogP contribution in [-0.4, -0.2) is 34.4 Å². The molecule has 0 unspecified atom stereocenters. The van der Waals surface area contributed by atoms with Gasteiger partial charge >= 0.3 is 5.97 Å². The van der Waals surface area contributed by atoms with Crippen LogP contribution in [0.1, 0.15) is 59.9 Å². The second kappa shape index (κ2) is 8.57. The molecule has 176 valence electrons. The topological polar surface area (TPSA) is 76.6 Å². The van der Waals surface area contributed by atoms with Gasteiger partial charge < -0.3 is 4.74 Å². The summed E-state index contributed by atoms with van der Waals surface area (Å²) in [5.41, 5.74) is 6.74. The molecule has 2 heterocycles. The van der Waals surface area contributed by atoms with Crippen LogP contribution in [-0.2, 0) is 11.2 Å². The molecule has 2 aliphatic rings. The van der Waals surface area contributed by atoms with Gasteiger partial charge in [-0.15, -0.1) is 0 Å². The van der Waals surface area contributed by atoms with E-state index in [1.165, 1.54) is 5.56 Å². The van der Waals surface area contributed by atoms with E-state index in [0.29, 0.717) is 34.0 Å². The van der Waals surface area contributed by atoms with Gasteiger partial charge in [0.25, 0.3) is 11.8 Å². The minimum Gasteiger partial charge on any atom is -0.440 e. The molecule has 0 N–H and O–H groups in total. The third-order valence-corrected chi connectivity index (χ3v) is 6.77. The molecular weight excluding hydrogens is 452 g/mol. The number of amides is 2. The second-order valence-corrected chi connectivity index (χ2v) is 9.06. The molecule has 0 radical (unpaired) electrons. The smallest absolute Gasteiger partial charge is 0.340 e. The number of pyridine rings is 1. The Labute approximate surface area is 207 Å². The number of benzene rings is 3. The fourth-order valence-corrected chi connectivity index (χ4v) is 4.93. The molecule has 6 nitrogen and oxygen atoms in total. The summed E-state index contributed by atoms with van der Waals surface area (Å²) in [5, 5.41) is 0.695. The number of esters is 1. The zero-order valence-corrected chi connectivity index (χ0v) is 19.7. The number of allylic oxidation sites excluding steroid dienone is 1. The molecule has 0 saturated heterocycles. The van der Waals surface area contributed by atoms with E-state index in [2.05, 4.69) is 37.3 Å². The predicted octanol–water partition coefficient (Wildman–Crippen LogP) is 5.44. The molecular formula is C30H22N2O4. The SMILES string of the molecule is Cc1ccc(C=C2CCc3c2nc2ccccc2c3C(=O)OCN2C(=O)c3ccccc3C2=O)cc1. The maximum absolute atomic E-state index is 13.4. The van der Waals surface area contributed by atoms with Crippen molar-refractivity contribution in [3.63, 3.8) is 0 Å². The Bertz CT molecular complexity index is 1570. The van der Waals surface area contributed by atoms with Gasteiger partial charge in [0.15, 0.2) is 6.73 Å². The minimum absolute atomic E-state index is 0.319. The van der Waals surface area contributed by atoms with E-state index < -0.39 is 24.5 Å². The van der Waals surface area contributed by atoms with Crippen LogP contribution < -0.4 is 0 Å². The average Bonchev–Trinajstić information content (AvgIpc) is 3.40. The molecule has 0 spiro atoms. The lowest BCUT2D eigenvalue weighted by Gasteiger charge is -2.16. The predicted molar refractivity (Wildman–Crippen MR) is 136 cm³/mol. The van der Waals surface area contributed by atoms with E-state index in [9.17, 15) is 14.4 Å². The summed E-state index contributed by atoms with van der Waals surface area (Å²) in [6.45, 7) is 1.61. The van der Waals surface area contributed by atoms with Gasteiger partial charge in [0, 0.05) is 5.39 Å². The van der Waals surface area contributed by atoms with Crippen molar-refractivity contribution in [1.82, 2.24) is 9.88 Å². The van der Waals surface area contributed by atoms with Crippen molar-refractivity contribution >= 4 is 40.3 Å². The van der Waals surface area contributed by atoms with Crippen LogP contribution in [0.3, 0.4) is 0 Å². The number of rotatable bonds is 4. The van der Waals surface area contributed by atoms with Crippen LogP contribution in [0.5, 0.6) is 0 Å².